The van der Waals surface area contributed by atoms with Crippen LogP contribution in [0, 0.1) is 0 Å². The average Bonchev–Trinajstić information content (AvgIpc) is 2.40. The minimum Gasteiger partial charge on any atom is -0.368 e. The van der Waals surface area contributed by atoms with Crippen molar-refractivity contribution in [1.82, 2.24) is 15.2 Å². The molecular formula is C12H16BrF3N4. The number of halogens is 4. The van der Waals surface area contributed by atoms with Gasteiger partial charge in [0, 0.05) is 49.9 Å². The highest BCUT2D eigenvalue weighted by atomic mass is 79.9. The standard InChI is InChI=1S/C12H16BrF3N4/c13-9-7-10(12(14,15)16)11(19-8-9)18-3-6-20-4-1-17-2-5-20/h7-8,17H,1-6H2,(H,18,19). The third kappa shape index (κ3) is 4.32. The molecule has 0 saturated carbocycles. The zero-order valence-corrected chi connectivity index (χ0v) is 12.4. The molecule has 2 rings (SSSR count). The highest BCUT2D eigenvalue weighted by Gasteiger charge is 2.34. The largest absolute Gasteiger partial charge is 0.419 e. The van der Waals surface area contributed by atoms with E-state index in [2.05, 4.69) is 36.4 Å². The number of hydrogen-bond donors (Lipinski definition) is 2. The smallest absolute Gasteiger partial charge is 0.368 e. The molecule has 1 aromatic heterocycles. The van der Waals surface area contributed by atoms with Gasteiger partial charge in [-0.2, -0.15) is 13.2 Å². The lowest BCUT2D eigenvalue weighted by molar-refractivity contribution is -0.137. The third-order valence-corrected chi connectivity index (χ3v) is 3.52. The van der Waals surface area contributed by atoms with Crippen molar-refractivity contribution < 1.29 is 13.2 Å². The molecule has 0 amide bonds. The molecule has 1 aromatic rings. The summed E-state index contributed by atoms with van der Waals surface area (Å²) in [5.41, 5.74) is -0.743. The Labute approximate surface area is 123 Å². The quantitative estimate of drug-likeness (QED) is 0.871. The van der Waals surface area contributed by atoms with E-state index in [0.717, 1.165) is 32.2 Å². The van der Waals surface area contributed by atoms with Gasteiger partial charge in [-0.25, -0.2) is 4.98 Å². The first-order valence-electron chi connectivity index (χ1n) is 6.36. The number of piperazine rings is 1. The van der Waals surface area contributed by atoms with E-state index in [0.29, 0.717) is 17.6 Å². The zero-order valence-electron chi connectivity index (χ0n) is 10.8. The van der Waals surface area contributed by atoms with Gasteiger partial charge in [-0.15, -0.1) is 0 Å². The molecular weight excluding hydrogens is 337 g/mol. The van der Waals surface area contributed by atoms with Gasteiger partial charge in [0.15, 0.2) is 0 Å². The Hall–Kier alpha value is -0.860. The first kappa shape index (κ1) is 15.5. The topological polar surface area (TPSA) is 40.2 Å². The Balaban J connectivity index is 1.95. The molecule has 0 unspecified atom stereocenters. The molecule has 20 heavy (non-hydrogen) atoms. The van der Waals surface area contributed by atoms with Gasteiger partial charge >= 0.3 is 6.18 Å². The van der Waals surface area contributed by atoms with Crippen LogP contribution in [-0.4, -0.2) is 49.2 Å². The summed E-state index contributed by atoms with van der Waals surface area (Å²) < 4.78 is 39.0. The van der Waals surface area contributed by atoms with Crippen LogP contribution in [0.5, 0.6) is 0 Å². The Morgan fingerprint density at radius 1 is 1.35 bits per heavy atom. The van der Waals surface area contributed by atoms with E-state index in [-0.39, 0.29) is 5.82 Å². The summed E-state index contributed by atoms with van der Waals surface area (Å²) in [6.07, 6.45) is -3.05. The van der Waals surface area contributed by atoms with Gasteiger partial charge < -0.3 is 10.6 Å². The van der Waals surface area contributed by atoms with Crippen LogP contribution in [0.1, 0.15) is 5.56 Å². The lowest BCUT2D eigenvalue weighted by Gasteiger charge is -2.27. The van der Waals surface area contributed by atoms with Gasteiger partial charge in [-0.3, -0.25) is 4.90 Å². The molecule has 8 heteroatoms. The van der Waals surface area contributed by atoms with Crippen LogP contribution in [0.4, 0.5) is 19.0 Å². The molecule has 1 aliphatic rings. The van der Waals surface area contributed by atoms with Crippen LogP contribution < -0.4 is 10.6 Å². The van der Waals surface area contributed by atoms with Gasteiger partial charge in [0.2, 0.25) is 0 Å². The van der Waals surface area contributed by atoms with Crippen molar-refractivity contribution in [3.05, 3.63) is 22.3 Å². The Bertz CT molecular complexity index is 447. The van der Waals surface area contributed by atoms with Crippen molar-refractivity contribution in [2.24, 2.45) is 0 Å². The fraction of sp³-hybridized carbons (Fsp3) is 0.583. The van der Waals surface area contributed by atoms with E-state index in [1.54, 1.807) is 0 Å². The van der Waals surface area contributed by atoms with Crippen LogP contribution >= 0.6 is 15.9 Å². The predicted octanol–water partition coefficient (Wildman–Crippen LogP) is 2.18. The van der Waals surface area contributed by atoms with Crippen molar-refractivity contribution in [3.63, 3.8) is 0 Å². The van der Waals surface area contributed by atoms with Gasteiger partial charge in [0.05, 0.1) is 5.56 Å². The Morgan fingerprint density at radius 2 is 2.05 bits per heavy atom. The van der Waals surface area contributed by atoms with Gasteiger partial charge in [0.25, 0.3) is 0 Å². The fourth-order valence-corrected chi connectivity index (χ4v) is 2.39. The number of rotatable bonds is 4. The SMILES string of the molecule is FC(F)(F)c1cc(Br)cnc1NCCN1CCNCC1. The van der Waals surface area contributed by atoms with E-state index in [1.807, 2.05) is 0 Å². The number of alkyl halides is 3. The molecule has 2 heterocycles. The number of anilines is 1. The van der Waals surface area contributed by atoms with Gasteiger partial charge in [-0.05, 0) is 22.0 Å². The van der Waals surface area contributed by atoms with E-state index in [4.69, 9.17) is 0 Å². The average molecular weight is 353 g/mol. The van der Waals surface area contributed by atoms with Gasteiger partial charge in [0.1, 0.15) is 5.82 Å². The molecule has 0 spiro atoms. The lowest BCUT2D eigenvalue weighted by atomic mass is 10.2. The highest BCUT2D eigenvalue weighted by Crippen LogP contribution is 2.35. The van der Waals surface area contributed by atoms with E-state index >= 15 is 0 Å². The monoisotopic (exact) mass is 352 g/mol. The first-order chi connectivity index (χ1) is 9.47. The molecule has 1 saturated heterocycles. The molecule has 0 atom stereocenters. The first-order valence-corrected chi connectivity index (χ1v) is 7.16. The Kier molecular flexibility index (Phi) is 5.22. The van der Waals surface area contributed by atoms with Crippen molar-refractivity contribution in [2.75, 3.05) is 44.6 Å². The van der Waals surface area contributed by atoms with Crippen molar-refractivity contribution in [2.45, 2.75) is 6.18 Å². The number of nitrogens with zero attached hydrogens (tertiary/aromatic N) is 2. The second-order valence-electron chi connectivity index (χ2n) is 4.57. The fourth-order valence-electron chi connectivity index (χ4n) is 2.06. The number of pyridine rings is 1. The minimum absolute atomic E-state index is 0.115. The maximum atomic E-state index is 12.9. The second kappa shape index (κ2) is 6.73. The Morgan fingerprint density at radius 3 is 2.70 bits per heavy atom. The molecule has 4 nitrogen and oxygen atoms in total. The third-order valence-electron chi connectivity index (χ3n) is 3.09. The van der Waals surface area contributed by atoms with Crippen LogP contribution in [0.2, 0.25) is 0 Å². The molecule has 2 N–H and O–H groups in total. The van der Waals surface area contributed by atoms with E-state index in [9.17, 15) is 13.2 Å². The molecule has 0 bridgehead atoms. The maximum Gasteiger partial charge on any atom is 0.419 e. The summed E-state index contributed by atoms with van der Waals surface area (Å²) in [7, 11) is 0. The van der Waals surface area contributed by atoms with Crippen molar-refractivity contribution in [3.8, 4) is 0 Å². The lowest BCUT2D eigenvalue weighted by Crippen LogP contribution is -2.45. The van der Waals surface area contributed by atoms with Gasteiger partial charge in [-0.1, -0.05) is 0 Å². The van der Waals surface area contributed by atoms with Crippen molar-refractivity contribution >= 4 is 21.7 Å². The number of aromatic nitrogens is 1. The predicted molar refractivity (Wildman–Crippen MR) is 74.7 cm³/mol. The normalized spacial score (nSPS) is 17.2. The summed E-state index contributed by atoms with van der Waals surface area (Å²) in [6, 6.07) is 1.04. The molecule has 1 fully saturated rings. The molecule has 0 aliphatic carbocycles. The maximum absolute atomic E-state index is 12.9. The van der Waals surface area contributed by atoms with Crippen LogP contribution in [-0.2, 0) is 6.18 Å². The number of hydrogen-bond acceptors (Lipinski definition) is 4. The summed E-state index contributed by atoms with van der Waals surface area (Å²) in [5, 5.41) is 6.01. The molecule has 0 aromatic carbocycles. The molecule has 1 aliphatic heterocycles. The molecule has 0 radical (unpaired) electrons. The second-order valence-corrected chi connectivity index (χ2v) is 5.48. The minimum atomic E-state index is -4.41. The van der Waals surface area contributed by atoms with Crippen LogP contribution in [0.15, 0.2) is 16.7 Å². The van der Waals surface area contributed by atoms with Crippen LogP contribution in [0.3, 0.4) is 0 Å². The highest BCUT2D eigenvalue weighted by molar-refractivity contribution is 9.10. The summed E-state index contributed by atoms with van der Waals surface area (Å²) in [5.74, 6) is -0.115. The van der Waals surface area contributed by atoms with Crippen molar-refractivity contribution in [1.29, 1.82) is 0 Å². The van der Waals surface area contributed by atoms with Crippen LogP contribution in [0.25, 0.3) is 0 Å². The molecule has 112 valence electrons. The summed E-state index contributed by atoms with van der Waals surface area (Å²) >= 11 is 3.01. The number of nitrogens with one attached hydrogen (secondary N) is 2. The summed E-state index contributed by atoms with van der Waals surface area (Å²) in [6.45, 7) is 4.83. The summed E-state index contributed by atoms with van der Waals surface area (Å²) in [4.78, 5) is 6.02. The zero-order chi connectivity index (χ0) is 14.6. The van der Waals surface area contributed by atoms with E-state index in [1.165, 1.54) is 6.20 Å². The van der Waals surface area contributed by atoms with E-state index < -0.39 is 11.7 Å².